The predicted molar refractivity (Wildman–Crippen MR) is 92.9 cm³/mol. The van der Waals surface area contributed by atoms with E-state index in [1.54, 1.807) is 26.0 Å². The van der Waals surface area contributed by atoms with Crippen LogP contribution in [0.5, 0.6) is 5.75 Å². The third-order valence-corrected chi connectivity index (χ3v) is 4.51. The minimum atomic E-state index is -0.948. The molecule has 2 atom stereocenters. The molecule has 132 valence electrons. The molecule has 0 saturated heterocycles. The average Bonchev–Trinajstić information content (AvgIpc) is 2.57. The highest BCUT2D eigenvalue weighted by Gasteiger charge is 2.27. The summed E-state index contributed by atoms with van der Waals surface area (Å²) in [6.45, 7) is 3.57. The molecule has 1 aromatic rings. The molecule has 0 radical (unpaired) electrons. The van der Waals surface area contributed by atoms with Crippen molar-refractivity contribution in [3.8, 4) is 5.75 Å². The van der Waals surface area contributed by atoms with Crippen molar-refractivity contribution >= 4 is 12.3 Å². The molecule has 5 N–H and O–H groups in total. The molecule has 1 saturated carbocycles. The van der Waals surface area contributed by atoms with Crippen LogP contribution in [0.2, 0.25) is 0 Å². The number of rotatable bonds is 6. The topological polar surface area (TPSA) is 107 Å². The van der Waals surface area contributed by atoms with Crippen molar-refractivity contribution in [1.82, 2.24) is 5.32 Å². The van der Waals surface area contributed by atoms with Crippen LogP contribution in [0.4, 0.5) is 0 Å². The van der Waals surface area contributed by atoms with Crippen molar-refractivity contribution in [3.05, 3.63) is 28.8 Å². The molecule has 0 bridgehead atoms. The fourth-order valence-electron chi connectivity index (χ4n) is 3.17. The van der Waals surface area contributed by atoms with Crippen LogP contribution < -0.4 is 21.5 Å². The molecular formula is C18H27N3O3. The van der Waals surface area contributed by atoms with Gasteiger partial charge in [-0.05, 0) is 49.9 Å². The lowest BCUT2D eigenvalue weighted by atomic mass is 9.95. The van der Waals surface area contributed by atoms with Crippen LogP contribution in [-0.4, -0.2) is 30.5 Å². The highest BCUT2D eigenvalue weighted by Crippen LogP contribution is 2.25. The Hall–Kier alpha value is -1.76. The van der Waals surface area contributed by atoms with Crippen LogP contribution in [0.15, 0.2) is 12.1 Å². The zero-order chi connectivity index (χ0) is 17.7. The molecule has 0 aromatic heterocycles. The summed E-state index contributed by atoms with van der Waals surface area (Å²) in [7, 11) is 0. The summed E-state index contributed by atoms with van der Waals surface area (Å²) < 4.78 is 5.45. The van der Waals surface area contributed by atoms with E-state index in [4.69, 9.17) is 16.2 Å². The first-order chi connectivity index (χ1) is 11.4. The van der Waals surface area contributed by atoms with Gasteiger partial charge in [-0.2, -0.15) is 0 Å². The zero-order valence-corrected chi connectivity index (χ0v) is 14.4. The Morgan fingerprint density at radius 2 is 1.79 bits per heavy atom. The van der Waals surface area contributed by atoms with E-state index in [1.165, 1.54) is 19.3 Å². The number of hydrogen-bond acceptors (Lipinski definition) is 6. The molecule has 24 heavy (non-hydrogen) atoms. The molecule has 1 aliphatic carbocycles. The SMILES string of the molecule is Cc1cc(C=O)cc(C)c1OC(=O)C(N)C(N)NC1CCCCC1. The normalized spacial score (nSPS) is 18.0. The van der Waals surface area contributed by atoms with E-state index in [9.17, 15) is 9.59 Å². The fraction of sp³-hybridized carbons (Fsp3) is 0.556. The van der Waals surface area contributed by atoms with Crippen molar-refractivity contribution in [3.63, 3.8) is 0 Å². The Kier molecular flexibility index (Phi) is 6.48. The van der Waals surface area contributed by atoms with Gasteiger partial charge in [0.05, 0.1) is 6.17 Å². The standard InChI is InChI=1S/C18H27N3O3/c1-11-8-13(10-22)9-12(2)16(11)24-18(23)15(19)17(20)21-14-6-4-3-5-7-14/h8-10,14-15,17,21H,3-7,19-20H2,1-2H3. The van der Waals surface area contributed by atoms with E-state index in [0.29, 0.717) is 28.5 Å². The highest BCUT2D eigenvalue weighted by atomic mass is 16.5. The van der Waals surface area contributed by atoms with E-state index >= 15 is 0 Å². The second-order valence-corrected chi connectivity index (χ2v) is 6.58. The van der Waals surface area contributed by atoms with Gasteiger partial charge < -0.3 is 16.2 Å². The van der Waals surface area contributed by atoms with Crippen LogP contribution in [0.1, 0.15) is 53.6 Å². The molecule has 2 rings (SSSR count). The third kappa shape index (κ3) is 4.63. The van der Waals surface area contributed by atoms with Crippen LogP contribution >= 0.6 is 0 Å². The van der Waals surface area contributed by atoms with E-state index in [0.717, 1.165) is 19.1 Å². The maximum absolute atomic E-state index is 12.3. The van der Waals surface area contributed by atoms with Crippen molar-refractivity contribution in [1.29, 1.82) is 0 Å². The zero-order valence-electron chi connectivity index (χ0n) is 14.4. The van der Waals surface area contributed by atoms with E-state index in [-0.39, 0.29) is 0 Å². The second-order valence-electron chi connectivity index (χ2n) is 6.58. The summed E-state index contributed by atoms with van der Waals surface area (Å²) in [4.78, 5) is 23.2. The number of carbonyl (C=O) groups excluding carboxylic acids is 2. The first-order valence-corrected chi connectivity index (χ1v) is 8.47. The number of esters is 1. The van der Waals surface area contributed by atoms with Gasteiger partial charge in [-0.3, -0.25) is 10.1 Å². The highest BCUT2D eigenvalue weighted by molar-refractivity contribution is 5.81. The molecule has 0 amide bonds. The lowest BCUT2D eigenvalue weighted by molar-refractivity contribution is -0.136. The first kappa shape index (κ1) is 18.6. The molecule has 6 heteroatoms. The van der Waals surface area contributed by atoms with Crippen LogP contribution in [0, 0.1) is 13.8 Å². The average molecular weight is 333 g/mol. The summed E-state index contributed by atoms with van der Waals surface area (Å²) in [6, 6.07) is 2.71. The third-order valence-electron chi connectivity index (χ3n) is 4.51. The molecule has 1 aliphatic rings. The molecule has 6 nitrogen and oxygen atoms in total. The quantitative estimate of drug-likeness (QED) is 0.315. The van der Waals surface area contributed by atoms with E-state index in [2.05, 4.69) is 5.32 Å². The minimum Gasteiger partial charge on any atom is -0.425 e. The Morgan fingerprint density at radius 3 is 2.33 bits per heavy atom. The number of nitrogens with two attached hydrogens (primary N) is 2. The summed E-state index contributed by atoms with van der Waals surface area (Å²) >= 11 is 0. The van der Waals surface area contributed by atoms with Gasteiger partial charge in [-0.25, -0.2) is 4.79 Å². The number of benzene rings is 1. The van der Waals surface area contributed by atoms with Gasteiger partial charge >= 0.3 is 5.97 Å². The predicted octanol–water partition coefficient (Wildman–Crippen LogP) is 1.56. The number of nitrogens with one attached hydrogen (secondary N) is 1. The summed E-state index contributed by atoms with van der Waals surface area (Å²) in [6.07, 6.45) is 5.83. The van der Waals surface area contributed by atoms with Gasteiger partial charge in [0.25, 0.3) is 0 Å². The largest absolute Gasteiger partial charge is 0.425 e. The molecule has 0 aliphatic heterocycles. The first-order valence-electron chi connectivity index (χ1n) is 8.47. The van der Waals surface area contributed by atoms with Gasteiger partial charge in [0.2, 0.25) is 0 Å². The Morgan fingerprint density at radius 1 is 1.21 bits per heavy atom. The molecule has 1 fully saturated rings. The summed E-state index contributed by atoms with van der Waals surface area (Å²) in [5.74, 6) is -0.137. The summed E-state index contributed by atoms with van der Waals surface area (Å²) in [5, 5.41) is 3.24. The monoisotopic (exact) mass is 333 g/mol. The number of aldehydes is 1. The molecule has 1 aromatic carbocycles. The lowest BCUT2D eigenvalue weighted by Crippen LogP contribution is -2.59. The van der Waals surface area contributed by atoms with Gasteiger partial charge in [0.15, 0.2) is 0 Å². The number of aryl methyl sites for hydroxylation is 2. The molecular weight excluding hydrogens is 306 g/mol. The van der Waals surface area contributed by atoms with Crippen molar-refractivity contribution in [2.75, 3.05) is 0 Å². The maximum Gasteiger partial charge on any atom is 0.331 e. The van der Waals surface area contributed by atoms with Gasteiger partial charge in [-0.15, -0.1) is 0 Å². The van der Waals surface area contributed by atoms with Crippen LogP contribution in [-0.2, 0) is 4.79 Å². The number of ether oxygens (including phenoxy) is 1. The maximum atomic E-state index is 12.3. The van der Waals surface area contributed by atoms with E-state index < -0.39 is 18.2 Å². The van der Waals surface area contributed by atoms with Crippen molar-refractivity contribution < 1.29 is 14.3 Å². The Labute approximate surface area is 142 Å². The fourth-order valence-corrected chi connectivity index (χ4v) is 3.17. The number of carbonyl (C=O) groups is 2. The molecule has 2 unspecified atom stereocenters. The molecule has 0 heterocycles. The van der Waals surface area contributed by atoms with Crippen LogP contribution in [0.3, 0.4) is 0 Å². The Balaban J connectivity index is 1.99. The lowest BCUT2D eigenvalue weighted by Gasteiger charge is -2.28. The van der Waals surface area contributed by atoms with Crippen LogP contribution in [0.25, 0.3) is 0 Å². The summed E-state index contributed by atoms with van der Waals surface area (Å²) in [5.41, 5.74) is 14.0. The van der Waals surface area contributed by atoms with Gasteiger partial charge in [0, 0.05) is 11.6 Å². The van der Waals surface area contributed by atoms with Crippen molar-refractivity contribution in [2.45, 2.75) is 64.2 Å². The molecule has 0 spiro atoms. The Bertz CT molecular complexity index is 574. The van der Waals surface area contributed by atoms with E-state index in [1.807, 2.05) is 0 Å². The van der Waals surface area contributed by atoms with Crippen molar-refractivity contribution in [2.24, 2.45) is 11.5 Å². The number of hydrogen-bond donors (Lipinski definition) is 3. The second kappa shape index (κ2) is 8.37. The van der Waals surface area contributed by atoms with Gasteiger partial charge in [0.1, 0.15) is 18.1 Å². The minimum absolute atomic E-state index is 0.308. The smallest absolute Gasteiger partial charge is 0.331 e. The van der Waals surface area contributed by atoms with Gasteiger partial charge in [-0.1, -0.05) is 19.3 Å².